The maximum Gasteiger partial charge on any atom is 0.344 e. The van der Waals surface area contributed by atoms with Crippen LogP contribution in [0.5, 0.6) is 0 Å². The molecule has 5 heteroatoms. The number of rotatable bonds is 4. The summed E-state index contributed by atoms with van der Waals surface area (Å²) in [6.45, 7) is 8.82. The maximum atomic E-state index is 12.1. The molecule has 0 unspecified atom stereocenters. The van der Waals surface area contributed by atoms with Gasteiger partial charge in [0.2, 0.25) is 0 Å². The average molecular weight is 267 g/mol. The van der Waals surface area contributed by atoms with Gasteiger partial charge in [0.05, 0.1) is 0 Å². The van der Waals surface area contributed by atoms with Crippen molar-refractivity contribution in [2.45, 2.75) is 58.6 Å². The smallest absolute Gasteiger partial charge is 0.344 e. The van der Waals surface area contributed by atoms with Gasteiger partial charge in [-0.25, -0.2) is 4.79 Å². The zero-order valence-electron chi connectivity index (χ0n) is 12.1. The van der Waals surface area contributed by atoms with Crippen molar-refractivity contribution < 1.29 is 19.1 Å². The monoisotopic (exact) mass is 267 g/mol. The van der Waals surface area contributed by atoms with E-state index < -0.39 is 23.0 Å². The number of carbonyl (C=O) groups excluding carboxylic acids is 3. The number of amides is 1. The Kier molecular flexibility index (Phi) is 4.18. The van der Waals surface area contributed by atoms with Gasteiger partial charge in [0.15, 0.2) is 0 Å². The van der Waals surface area contributed by atoms with Crippen LogP contribution in [0.4, 0.5) is 0 Å². The third-order valence-electron chi connectivity index (χ3n) is 2.96. The van der Waals surface area contributed by atoms with Crippen LogP contribution in [0, 0.1) is 0 Å². The van der Waals surface area contributed by atoms with Crippen LogP contribution in [-0.4, -0.2) is 29.3 Å². The normalized spacial score (nSPS) is 18.9. The predicted molar refractivity (Wildman–Crippen MR) is 70.4 cm³/mol. The van der Waals surface area contributed by atoms with E-state index in [9.17, 15) is 14.4 Å². The van der Waals surface area contributed by atoms with E-state index in [0.717, 1.165) is 6.29 Å². The minimum atomic E-state index is -0.681. The van der Waals surface area contributed by atoms with Gasteiger partial charge in [0, 0.05) is 18.4 Å². The number of aldehydes is 1. The molecule has 0 radical (unpaired) electrons. The van der Waals surface area contributed by atoms with E-state index in [1.54, 1.807) is 34.6 Å². The maximum absolute atomic E-state index is 12.1. The van der Waals surface area contributed by atoms with Crippen molar-refractivity contribution in [3.8, 4) is 0 Å². The molecule has 1 heterocycles. The van der Waals surface area contributed by atoms with E-state index in [1.807, 2.05) is 0 Å². The van der Waals surface area contributed by atoms with Crippen LogP contribution in [0.2, 0.25) is 0 Å². The van der Waals surface area contributed by atoms with Gasteiger partial charge in [-0.15, -0.1) is 0 Å². The molecule has 1 amide bonds. The fourth-order valence-electron chi connectivity index (χ4n) is 2.15. The molecule has 0 spiro atoms. The van der Waals surface area contributed by atoms with E-state index in [4.69, 9.17) is 4.74 Å². The highest BCUT2D eigenvalue weighted by Crippen LogP contribution is 2.29. The van der Waals surface area contributed by atoms with Crippen LogP contribution in [0.25, 0.3) is 0 Å². The Morgan fingerprint density at radius 2 is 2.05 bits per heavy atom. The molecule has 5 nitrogen and oxygen atoms in total. The van der Waals surface area contributed by atoms with Crippen LogP contribution < -0.4 is 5.32 Å². The van der Waals surface area contributed by atoms with Crippen LogP contribution >= 0.6 is 0 Å². The van der Waals surface area contributed by atoms with Crippen molar-refractivity contribution in [3.05, 3.63) is 11.1 Å². The second-order valence-electron chi connectivity index (χ2n) is 6.19. The largest absolute Gasteiger partial charge is 0.456 e. The minimum absolute atomic E-state index is 0.0540. The zero-order chi connectivity index (χ0) is 14.8. The van der Waals surface area contributed by atoms with Crippen LogP contribution in [0.15, 0.2) is 11.1 Å². The summed E-state index contributed by atoms with van der Waals surface area (Å²) in [5.74, 6) is -1.09. The highest BCUT2D eigenvalue weighted by Gasteiger charge is 2.37. The molecule has 0 aromatic carbocycles. The number of nitrogens with one attached hydrogen (secondary N) is 1. The van der Waals surface area contributed by atoms with E-state index in [1.165, 1.54) is 0 Å². The number of hydrogen-bond acceptors (Lipinski definition) is 4. The van der Waals surface area contributed by atoms with Gasteiger partial charge in [0.1, 0.15) is 17.5 Å². The fraction of sp³-hybridized carbons (Fsp3) is 0.643. The molecular formula is C14H21NO4. The first-order valence-electron chi connectivity index (χ1n) is 6.27. The van der Waals surface area contributed by atoms with Gasteiger partial charge in [0.25, 0.3) is 5.91 Å². The molecule has 106 valence electrons. The summed E-state index contributed by atoms with van der Waals surface area (Å²) in [5, 5.41) is 2.69. The molecule has 0 bridgehead atoms. The first kappa shape index (κ1) is 15.4. The Hall–Kier alpha value is -1.65. The standard InChI is InChI=1S/C14H21NO4/c1-9-8-14(4,5)19-12(18)10(9)11(17)15-13(2,3)6-7-16/h7H,6,8H2,1-5H3,(H,15,17). The molecule has 0 atom stereocenters. The minimum Gasteiger partial charge on any atom is -0.456 e. The summed E-state index contributed by atoms with van der Waals surface area (Å²) >= 11 is 0. The average Bonchev–Trinajstić information content (AvgIpc) is 2.11. The van der Waals surface area contributed by atoms with Crippen molar-refractivity contribution in [2.75, 3.05) is 0 Å². The molecule has 1 aliphatic rings. The van der Waals surface area contributed by atoms with Gasteiger partial charge < -0.3 is 14.8 Å². The number of ether oxygens (including phenoxy) is 1. The lowest BCUT2D eigenvalue weighted by Gasteiger charge is -2.32. The molecule has 0 aliphatic carbocycles. The first-order valence-corrected chi connectivity index (χ1v) is 6.27. The molecule has 0 saturated heterocycles. The van der Waals surface area contributed by atoms with E-state index in [-0.39, 0.29) is 12.0 Å². The van der Waals surface area contributed by atoms with E-state index in [2.05, 4.69) is 5.32 Å². The molecule has 0 aromatic rings. The number of hydrogen-bond donors (Lipinski definition) is 1. The summed E-state index contributed by atoms with van der Waals surface area (Å²) in [4.78, 5) is 34.6. The van der Waals surface area contributed by atoms with Crippen molar-refractivity contribution in [3.63, 3.8) is 0 Å². The quantitative estimate of drug-likeness (QED) is 0.476. The molecule has 0 saturated carbocycles. The zero-order valence-corrected chi connectivity index (χ0v) is 12.1. The molecular weight excluding hydrogens is 246 g/mol. The van der Waals surface area contributed by atoms with Crippen molar-refractivity contribution in [2.24, 2.45) is 0 Å². The van der Waals surface area contributed by atoms with Gasteiger partial charge >= 0.3 is 5.97 Å². The van der Waals surface area contributed by atoms with Crippen molar-refractivity contribution >= 4 is 18.2 Å². The summed E-state index contributed by atoms with van der Waals surface area (Å²) in [5.41, 5.74) is -0.498. The van der Waals surface area contributed by atoms with Gasteiger partial charge in [-0.05, 0) is 40.2 Å². The Labute approximate surface area is 113 Å². The Balaban J connectivity index is 2.93. The topological polar surface area (TPSA) is 72.5 Å². The number of carbonyl (C=O) groups is 3. The molecule has 19 heavy (non-hydrogen) atoms. The lowest BCUT2D eigenvalue weighted by atomic mass is 9.91. The fourth-order valence-corrected chi connectivity index (χ4v) is 2.15. The van der Waals surface area contributed by atoms with E-state index in [0.29, 0.717) is 12.0 Å². The number of esters is 1. The van der Waals surface area contributed by atoms with Crippen LogP contribution in [-0.2, 0) is 19.1 Å². The molecule has 1 rings (SSSR count). The number of cyclic esters (lactones) is 1. The second-order valence-corrected chi connectivity index (χ2v) is 6.19. The van der Waals surface area contributed by atoms with Gasteiger partial charge in [-0.2, -0.15) is 0 Å². The Morgan fingerprint density at radius 1 is 1.47 bits per heavy atom. The lowest BCUT2D eigenvalue weighted by molar-refractivity contribution is -0.154. The Bertz CT molecular complexity index is 446. The highest BCUT2D eigenvalue weighted by atomic mass is 16.6. The highest BCUT2D eigenvalue weighted by molar-refractivity contribution is 6.17. The molecule has 0 fully saturated rings. The lowest BCUT2D eigenvalue weighted by Crippen LogP contribution is -2.47. The van der Waals surface area contributed by atoms with Crippen molar-refractivity contribution in [1.82, 2.24) is 5.32 Å². The Morgan fingerprint density at radius 3 is 2.53 bits per heavy atom. The summed E-state index contributed by atoms with van der Waals surface area (Å²) in [6, 6.07) is 0. The summed E-state index contributed by atoms with van der Waals surface area (Å²) in [6.07, 6.45) is 1.45. The molecule has 0 aromatic heterocycles. The SMILES string of the molecule is CC1=C(C(=O)NC(C)(C)CC=O)C(=O)OC(C)(C)C1. The molecule has 1 N–H and O–H groups in total. The third kappa shape index (κ3) is 3.91. The summed E-state index contributed by atoms with van der Waals surface area (Å²) in [7, 11) is 0. The van der Waals surface area contributed by atoms with Crippen molar-refractivity contribution in [1.29, 1.82) is 0 Å². The van der Waals surface area contributed by atoms with Gasteiger partial charge in [-0.3, -0.25) is 4.79 Å². The first-order chi connectivity index (χ1) is 8.58. The second kappa shape index (κ2) is 5.15. The van der Waals surface area contributed by atoms with Gasteiger partial charge in [-0.1, -0.05) is 0 Å². The predicted octanol–water partition coefficient (Wildman–Crippen LogP) is 1.51. The summed E-state index contributed by atoms with van der Waals surface area (Å²) < 4.78 is 5.23. The third-order valence-corrected chi connectivity index (χ3v) is 2.96. The van der Waals surface area contributed by atoms with E-state index >= 15 is 0 Å². The van der Waals surface area contributed by atoms with Crippen LogP contribution in [0.1, 0.15) is 47.5 Å². The van der Waals surface area contributed by atoms with Crippen LogP contribution in [0.3, 0.4) is 0 Å². The molecule has 1 aliphatic heterocycles.